The number of nitro groups is 1. The molecular weight excluding hydrogens is 360 g/mol. The van der Waals surface area contributed by atoms with Gasteiger partial charge in [-0.3, -0.25) is 14.7 Å². The van der Waals surface area contributed by atoms with Gasteiger partial charge in [-0.25, -0.2) is 4.98 Å². The molecule has 2 aromatic rings. The molecule has 0 aliphatic carbocycles. The second-order valence-electron chi connectivity index (χ2n) is 7.55. The zero-order valence-corrected chi connectivity index (χ0v) is 17.1. The standard InChI is InChI=1S/C16H25ClN4O3Si/c1-11(2)19-15-12-8-14(17)20(10-24-6-7-25(3,4)5)16(12)18-9-13(15)21(22)23/h8-9,11H,6-7,10H2,1-5H3,(H,18,19). The van der Waals surface area contributed by atoms with Crippen molar-refractivity contribution in [2.75, 3.05) is 11.9 Å². The number of anilines is 1. The van der Waals surface area contributed by atoms with Crippen LogP contribution in [0, 0.1) is 10.1 Å². The van der Waals surface area contributed by atoms with Gasteiger partial charge in [-0.1, -0.05) is 31.2 Å². The molecule has 0 fully saturated rings. The zero-order chi connectivity index (χ0) is 18.8. The minimum Gasteiger partial charge on any atom is -0.377 e. The van der Waals surface area contributed by atoms with Crippen molar-refractivity contribution >= 4 is 42.1 Å². The largest absolute Gasteiger partial charge is 0.377 e. The molecule has 0 bridgehead atoms. The number of fused-ring (bicyclic) bond motifs is 1. The average molecular weight is 385 g/mol. The first-order chi connectivity index (χ1) is 11.6. The Hall–Kier alpha value is -1.64. The van der Waals surface area contributed by atoms with Crippen molar-refractivity contribution < 1.29 is 9.66 Å². The minimum absolute atomic E-state index is 0.0411. The highest BCUT2D eigenvalue weighted by atomic mass is 35.5. The number of nitrogens with one attached hydrogen (secondary N) is 1. The normalized spacial score (nSPS) is 12.1. The average Bonchev–Trinajstić information content (AvgIpc) is 2.78. The van der Waals surface area contributed by atoms with E-state index >= 15 is 0 Å². The molecule has 0 aliphatic rings. The summed E-state index contributed by atoms with van der Waals surface area (Å²) in [7, 11) is -1.16. The van der Waals surface area contributed by atoms with E-state index in [2.05, 4.69) is 29.9 Å². The summed E-state index contributed by atoms with van der Waals surface area (Å²) in [6, 6.07) is 2.80. The van der Waals surface area contributed by atoms with Gasteiger partial charge in [0.1, 0.15) is 29.4 Å². The van der Waals surface area contributed by atoms with E-state index in [4.69, 9.17) is 16.3 Å². The van der Waals surface area contributed by atoms with Crippen LogP contribution in [0.2, 0.25) is 30.8 Å². The molecule has 2 aromatic heterocycles. The molecule has 0 radical (unpaired) electrons. The molecule has 0 atom stereocenters. The third kappa shape index (κ3) is 4.93. The van der Waals surface area contributed by atoms with Gasteiger partial charge in [-0.2, -0.15) is 0 Å². The van der Waals surface area contributed by atoms with Crippen LogP contribution in [0.5, 0.6) is 0 Å². The van der Waals surface area contributed by atoms with Gasteiger partial charge in [0.2, 0.25) is 0 Å². The molecule has 2 heterocycles. The Morgan fingerprint density at radius 1 is 1.44 bits per heavy atom. The quantitative estimate of drug-likeness (QED) is 0.308. The lowest BCUT2D eigenvalue weighted by Crippen LogP contribution is -2.22. The summed E-state index contributed by atoms with van der Waals surface area (Å²) in [6.45, 7) is 11.7. The first-order valence-electron chi connectivity index (χ1n) is 8.26. The van der Waals surface area contributed by atoms with Crippen molar-refractivity contribution in [1.29, 1.82) is 0 Å². The Kier molecular flexibility index (Phi) is 6.07. The van der Waals surface area contributed by atoms with E-state index in [1.807, 2.05) is 13.8 Å². The first kappa shape index (κ1) is 19.7. The van der Waals surface area contributed by atoms with Gasteiger partial charge < -0.3 is 10.1 Å². The van der Waals surface area contributed by atoms with Gasteiger partial charge in [0.25, 0.3) is 0 Å². The number of ether oxygens (including phenoxy) is 1. The Morgan fingerprint density at radius 3 is 2.68 bits per heavy atom. The van der Waals surface area contributed by atoms with Crippen molar-refractivity contribution in [3.8, 4) is 0 Å². The first-order valence-corrected chi connectivity index (χ1v) is 12.3. The van der Waals surface area contributed by atoms with Crippen molar-refractivity contribution in [3.63, 3.8) is 0 Å². The van der Waals surface area contributed by atoms with Gasteiger partial charge in [-0.15, -0.1) is 0 Å². The molecule has 25 heavy (non-hydrogen) atoms. The van der Waals surface area contributed by atoms with Crippen LogP contribution < -0.4 is 5.32 Å². The minimum atomic E-state index is -1.16. The zero-order valence-electron chi connectivity index (χ0n) is 15.3. The van der Waals surface area contributed by atoms with Gasteiger partial charge in [0.15, 0.2) is 0 Å². The predicted octanol–water partition coefficient (Wildman–Crippen LogP) is 4.73. The molecule has 0 aliphatic heterocycles. The number of aromatic nitrogens is 2. The molecule has 0 saturated carbocycles. The summed E-state index contributed by atoms with van der Waals surface area (Å²) in [5.74, 6) is 0. The number of nitrogens with zero attached hydrogens (tertiary/aromatic N) is 3. The summed E-state index contributed by atoms with van der Waals surface area (Å²) in [6.07, 6.45) is 1.27. The topological polar surface area (TPSA) is 82.2 Å². The van der Waals surface area contributed by atoms with Crippen LogP contribution in [0.25, 0.3) is 11.0 Å². The summed E-state index contributed by atoms with van der Waals surface area (Å²) < 4.78 is 7.49. The van der Waals surface area contributed by atoms with Crippen LogP contribution in [-0.4, -0.2) is 35.2 Å². The molecule has 0 amide bonds. The maximum absolute atomic E-state index is 11.3. The van der Waals surface area contributed by atoms with Crippen LogP contribution in [0.15, 0.2) is 12.3 Å². The second-order valence-corrected chi connectivity index (χ2v) is 13.6. The summed E-state index contributed by atoms with van der Waals surface area (Å²) in [4.78, 5) is 15.1. The Bertz CT molecular complexity index is 771. The fraction of sp³-hybridized carbons (Fsp3) is 0.562. The van der Waals surface area contributed by atoms with Crippen LogP contribution in [-0.2, 0) is 11.5 Å². The molecule has 138 valence electrons. The molecule has 9 heteroatoms. The Labute approximate surface area is 153 Å². The van der Waals surface area contributed by atoms with Gasteiger partial charge in [-0.05, 0) is 26.0 Å². The summed E-state index contributed by atoms with van der Waals surface area (Å²) >= 11 is 6.33. The summed E-state index contributed by atoms with van der Waals surface area (Å²) in [5, 5.41) is 15.5. The van der Waals surface area contributed by atoms with Crippen LogP contribution in [0.3, 0.4) is 0 Å². The van der Waals surface area contributed by atoms with Crippen molar-refractivity contribution in [2.45, 2.75) is 52.3 Å². The molecular formula is C16H25ClN4O3Si. The van der Waals surface area contributed by atoms with Crippen molar-refractivity contribution in [3.05, 3.63) is 27.5 Å². The Morgan fingerprint density at radius 2 is 2.12 bits per heavy atom. The molecule has 7 nitrogen and oxygen atoms in total. The van der Waals surface area contributed by atoms with Crippen LogP contribution in [0.1, 0.15) is 13.8 Å². The fourth-order valence-electron chi connectivity index (χ4n) is 2.39. The number of hydrogen-bond acceptors (Lipinski definition) is 5. The van der Waals surface area contributed by atoms with E-state index in [0.717, 1.165) is 6.04 Å². The van der Waals surface area contributed by atoms with Crippen LogP contribution >= 0.6 is 11.6 Å². The van der Waals surface area contributed by atoms with Gasteiger partial charge in [0, 0.05) is 20.7 Å². The smallest absolute Gasteiger partial charge is 0.311 e. The number of halogens is 1. The lowest BCUT2D eigenvalue weighted by Gasteiger charge is -2.16. The van der Waals surface area contributed by atoms with E-state index in [9.17, 15) is 10.1 Å². The lowest BCUT2D eigenvalue weighted by molar-refractivity contribution is -0.384. The summed E-state index contributed by atoms with van der Waals surface area (Å²) in [5.41, 5.74) is 0.953. The molecule has 0 aromatic carbocycles. The second kappa shape index (κ2) is 7.71. The highest BCUT2D eigenvalue weighted by Crippen LogP contribution is 2.35. The van der Waals surface area contributed by atoms with E-state index in [1.165, 1.54) is 6.20 Å². The highest BCUT2D eigenvalue weighted by Gasteiger charge is 2.22. The molecule has 2 rings (SSSR count). The van der Waals surface area contributed by atoms with E-state index in [0.29, 0.717) is 28.5 Å². The van der Waals surface area contributed by atoms with Crippen LogP contribution in [0.4, 0.5) is 11.4 Å². The highest BCUT2D eigenvalue weighted by molar-refractivity contribution is 6.76. The van der Waals surface area contributed by atoms with Gasteiger partial charge in [0.05, 0.1) is 10.3 Å². The van der Waals surface area contributed by atoms with E-state index in [-0.39, 0.29) is 18.5 Å². The predicted molar refractivity (Wildman–Crippen MR) is 104 cm³/mol. The molecule has 0 spiro atoms. The fourth-order valence-corrected chi connectivity index (χ4v) is 3.39. The third-order valence-corrected chi connectivity index (χ3v) is 5.72. The molecule has 0 saturated heterocycles. The number of pyridine rings is 1. The van der Waals surface area contributed by atoms with E-state index < -0.39 is 13.0 Å². The SMILES string of the molecule is CC(C)Nc1c([N+](=O)[O-])cnc2c1cc(Cl)n2COCC[Si](C)(C)C. The lowest BCUT2D eigenvalue weighted by atomic mass is 10.2. The van der Waals surface area contributed by atoms with E-state index in [1.54, 1.807) is 10.6 Å². The monoisotopic (exact) mass is 384 g/mol. The maximum atomic E-state index is 11.3. The van der Waals surface area contributed by atoms with Gasteiger partial charge >= 0.3 is 5.69 Å². The maximum Gasteiger partial charge on any atom is 0.311 e. The number of hydrogen-bond donors (Lipinski definition) is 1. The Balaban J connectivity index is 2.34. The third-order valence-electron chi connectivity index (χ3n) is 3.70. The molecule has 1 N–H and O–H groups in total. The molecule has 0 unspecified atom stereocenters. The van der Waals surface area contributed by atoms with Crippen molar-refractivity contribution in [1.82, 2.24) is 9.55 Å². The van der Waals surface area contributed by atoms with Crippen molar-refractivity contribution in [2.24, 2.45) is 0 Å². The number of rotatable bonds is 8.